The number of carbonyl (C=O) groups is 1. The average molecular weight is 417 g/mol. The van der Waals surface area contributed by atoms with Gasteiger partial charge in [-0.3, -0.25) is 0 Å². The summed E-state index contributed by atoms with van der Waals surface area (Å²) in [5.74, 6) is 0. The lowest BCUT2D eigenvalue weighted by atomic mass is 10.1. The Labute approximate surface area is 159 Å². The van der Waals surface area contributed by atoms with Gasteiger partial charge in [-0.15, -0.1) is 6.58 Å². The Morgan fingerprint density at radius 1 is 1.33 bits per heavy atom. The zero-order valence-electron chi connectivity index (χ0n) is 15.0. The van der Waals surface area contributed by atoms with Crippen LogP contribution in [0.15, 0.2) is 41.8 Å². The van der Waals surface area contributed by atoms with Crippen LogP contribution < -0.4 is 10.5 Å². The summed E-state index contributed by atoms with van der Waals surface area (Å²) >= 11 is 0. The number of piperidine rings is 1. The van der Waals surface area contributed by atoms with E-state index in [-0.39, 0.29) is 18.0 Å². The van der Waals surface area contributed by atoms with Crippen LogP contribution in [0.2, 0.25) is 0 Å². The lowest BCUT2D eigenvalue weighted by molar-refractivity contribution is 0.200. The van der Waals surface area contributed by atoms with Crippen molar-refractivity contribution in [2.75, 3.05) is 32.0 Å². The number of nitrogens with two attached hydrogens (primary N) is 1. The highest BCUT2D eigenvalue weighted by molar-refractivity contribution is 7.89. The number of rotatable bonds is 6. The van der Waals surface area contributed by atoms with Crippen LogP contribution in [0.3, 0.4) is 0 Å². The van der Waals surface area contributed by atoms with Gasteiger partial charge in [0.05, 0.1) is 10.1 Å². The number of likely N-dealkylation sites (N-methyl/N-ethyl adjacent to an activating group) is 1. The molecule has 2 amide bonds. The van der Waals surface area contributed by atoms with Crippen LogP contribution in [0.1, 0.15) is 12.8 Å². The molecule has 1 aliphatic rings. The quantitative estimate of drug-likeness (QED) is 0.662. The van der Waals surface area contributed by atoms with Crippen molar-refractivity contribution in [1.82, 2.24) is 9.21 Å². The molecule has 1 aromatic carbocycles. The molecule has 11 heteroatoms. The van der Waals surface area contributed by atoms with E-state index in [0.717, 1.165) is 4.31 Å². The standard InChI is InChI=1S/C16H24N4O5S2/c1-3-10-19(2)27(24,25)14-8-6-13(7-9-14)18-16(21)20-11-4-5-15(12-20)26(17,22)23/h3,6-9,15H,1,4-5,10-12H2,2H3,(H,18,21)(H2,17,22,23). The zero-order chi connectivity index (χ0) is 20.2. The second kappa shape index (κ2) is 8.38. The molecule has 0 radical (unpaired) electrons. The van der Waals surface area contributed by atoms with Crippen LogP contribution >= 0.6 is 0 Å². The smallest absolute Gasteiger partial charge is 0.321 e. The van der Waals surface area contributed by atoms with E-state index in [4.69, 9.17) is 5.14 Å². The minimum Gasteiger partial charge on any atom is -0.323 e. The van der Waals surface area contributed by atoms with Gasteiger partial charge in [-0.2, -0.15) is 4.31 Å². The highest BCUT2D eigenvalue weighted by Gasteiger charge is 2.30. The summed E-state index contributed by atoms with van der Waals surface area (Å²) < 4.78 is 48.9. The molecule has 2 rings (SSSR count). The first-order valence-corrected chi connectivity index (χ1v) is 11.4. The Balaban J connectivity index is 2.06. The summed E-state index contributed by atoms with van der Waals surface area (Å²) in [6, 6.07) is 5.30. The van der Waals surface area contributed by atoms with Crippen LogP contribution in [0, 0.1) is 0 Å². The number of nitrogens with one attached hydrogen (secondary N) is 1. The molecule has 1 unspecified atom stereocenters. The highest BCUT2D eigenvalue weighted by atomic mass is 32.2. The summed E-state index contributed by atoms with van der Waals surface area (Å²) in [6.45, 7) is 4.16. The van der Waals surface area contributed by atoms with Crippen LogP contribution in [0.5, 0.6) is 0 Å². The molecule has 0 spiro atoms. The largest absolute Gasteiger partial charge is 0.323 e. The Hall–Kier alpha value is -1.95. The fraction of sp³-hybridized carbons (Fsp3) is 0.438. The van der Waals surface area contributed by atoms with Gasteiger partial charge in [0.2, 0.25) is 20.0 Å². The van der Waals surface area contributed by atoms with Crippen LogP contribution in [0.25, 0.3) is 0 Å². The number of nitrogens with zero attached hydrogens (tertiary/aromatic N) is 2. The minimum absolute atomic E-state index is 0.0312. The summed E-state index contributed by atoms with van der Waals surface area (Å²) in [4.78, 5) is 13.8. The third-order valence-electron chi connectivity index (χ3n) is 4.33. The number of primary sulfonamides is 1. The van der Waals surface area contributed by atoms with Gasteiger partial charge < -0.3 is 10.2 Å². The number of hydrogen-bond donors (Lipinski definition) is 2. The number of urea groups is 1. The predicted octanol–water partition coefficient (Wildman–Crippen LogP) is 0.778. The molecule has 0 saturated carbocycles. The molecular weight excluding hydrogens is 392 g/mol. The van der Waals surface area contributed by atoms with Crippen molar-refractivity contribution < 1.29 is 21.6 Å². The maximum absolute atomic E-state index is 12.4. The summed E-state index contributed by atoms with van der Waals surface area (Å²) in [5, 5.41) is 7.05. The lowest BCUT2D eigenvalue weighted by Gasteiger charge is -2.31. The average Bonchev–Trinajstić information content (AvgIpc) is 2.61. The normalized spacial score (nSPS) is 18.3. The summed E-state index contributed by atoms with van der Waals surface area (Å²) in [5.41, 5.74) is 0.406. The molecule has 0 bridgehead atoms. The number of carbonyl (C=O) groups excluding carboxylic acids is 1. The van der Waals surface area contributed by atoms with Crippen molar-refractivity contribution >= 4 is 31.8 Å². The molecule has 0 aliphatic carbocycles. The predicted molar refractivity (Wildman–Crippen MR) is 103 cm³/mol. The molecule has 150 valence electrons. The number of hydrogen-bond acceptors (Lipinski definition) is 5. The van der Waals surface area contributed by atoms with Gasteiger partial charge in [0.15, 0.2) is 0 Å². The van der Waals surface area contributed by atoms with E-state index in [9.17, 15) is 21.6 Å². The molecule has 1 heterocycles. The van der Waals surface area contributed by atoms with Crippen molar-refractivity contribution in [3.05, 3.63) is 36.9 Å². The van der Waals surface area contributed by atoms with Gasteiger partial charge in [-0.25, -0.2) is 26.8 Å². The second-order valence-electron chi connectivity index (χ2n) is 6.33. The fourth-order valence-corrected chi connectivity index (χ4v) is 4.79. The van der Waals surface area contributed by atoms with Gasteiger partial charge in [0.1, 0.15) is 0 Å². The van der Waals surface area contributed by atoms with E-state index in [1.54, 1.807) is 0 Å². The van der Waals surface area contributed by atoms with Crippen LogP contribution in [-0.2, 0) is 20.0 Å². The molecular formula is C16H24N4O5S2. The van der Waals surface area contributed by atoms with Crippen molar-refractivity contribution in [3.8, 4) is 0 Å². The first-order chi connectivity index (χ1) is 12.6. The highest BCUT2D eigenvalue weighted by Crippen LogP contribution is 2.19. The van der Waals surface area contributed by atoms with Crippen molar-refractivity contribution in [2.45, 2.75) is 23.0 Å². The van der Waals surface area contributed by atoms with Gasteiger partial charge in [0.25, 0.3) is 0 Å². The first-order valence-electron chi connectivity index (χ1n) is 8.30. The molecule has 1 saturated heterocycles. The van der Waals surface area contributed by atoms with Gasteiger partial charge in [-0.1, -0.05) is 6.08 Å². The van der Waals surface area contributed by atoms with E-state index < -0.39 is 31.3 Å². The van der Waals surface area contributed by atoms with E-state index in [1.807, 2.05) is 0 Å². The molecule has 1 atom stereocenters. The number of sulfonamides is 2. The second-order valence-corrected chi connectivity index (χ2v) is 10.2. The van der Waals surface area contributed by atoms with E-state index in [2.05, 4.69) is 11.9 Å². The number of benzene rings is 1. The Morgan fingerprint density at radius 3 is 2.52 bits per heavy atom. The third-order valence-corrected chi connectivity index (χ3v) is 7.48. The molecule has 1 aromatic rings. The molecule has 0 aromatic heterocycles. The Morgan fingerprint density at radius 2 is 1.96 bits per heavy atom. The van der Waals surface area contributed by atoms with E-state index in [0.29, 0.717) is 25.1 Å². The van der Waals surface area contributed by atoms with Crippen molar-refractivity contribution in [1.29, 1.82) is 0 Å². The van der Waals surface area contributed by atoms with Gasteiger partial charge in [0, 0.05) is 32.4 Å². The molecule has 1 aliphatic heterocycles. The first kappa shape index (κ1) is 21.4. The van der Waals surface area contributed by atoms with Crippen LogP contribution in [-0.4, -0.2) is 64.0 Å². The maximum Gasteiger partial charge on any atom is 0.321 e. The summed E-state index contributed by atoms with van der Waals surface area (Å²) in [7, 11) is -5.88. The summed E-state index contributed by atoms with van der Waals surface area (Å²) in [6.07, 6.45) is 2.45. The zero-order valence-corrected chi connectivity index (χ0v) is 16.7. The molecule has 1 fully saturated rings. The van der Waals surface area contributed by atoms with Gasteiger partial charge in [-0.05, 0) is 37.1 Å². The SMILES string of the molecule is C=CCN(C)S(=O)(=O)c1ccc(NC(=O)N2CCCC(S(N)(=O)=O)C2)cc1. The number of amides is 2. The monoisotopic (exact) mass is 416 g/mol. The van der Waals surface area contributed by atoms with Gasteiger partial charge >= 0.3 is 6.03 Å². The molecule has 3 N–H and O–H groups in total. The fourth-order valence-electron chi connectivity index (χ4n) is 2.76. The third kappa shape index (κ3) is 5.28. The number of likely N-dealkylation sites (tertiary alicyclic amines) is 1. The Kier molecular flexibility index (Phi) is 6.63. The maximum atomic E-state index is 12.4. The van der Waals surface area contributed by atoms with E-state index >= 15 is 0 Å². The van der Waals surface area contributed by atoms with Crippen molar-refractivity contribution in [2.24, 2.45) is 5.14 Å². The van der Waals surface area contributed by atoms with Crippen molar-refractivity contribution in [3.63, 3.8) is 0 Å². The molecule has 9 nitrogen and oxygen atoms in total. The lowest BCUT2D eigenvalue weighted by Crippen LogP contribution is -2.48. The Bertz CT molecular complexity index is 897. The van der Waals surface area contributed by atoms with Crippen LogP contribution in [0.4, 0.5) is 10.5 Å². The molecule has 27 heavy (non-hydrogen) atoms. The number of anilines is 1. The minimum atomic E-state index is -3.70. The topological polar surface area (TPSA) is 130 Å². The van der Waals surface area contributed by atoms with E-state index in [1.165, 1.54) is 42.3 Å².